The molecule has 10 nitrogen and oxygen atoms in total. The van der Waals surface area contributed by atoms with E-state index in [1.807, 2.05) is 6.08 Å². The number of hydrogen-bond donors (Lipinski definition) is 3. The van der Waals surface area contributed by atoms with Gasteiger partial charge < -0.3 is 19.7 Å². The van der Waals surface area contributed by atoms with Crippen LogP contribution in [0.3, 0.4) is 0 Å². The Labute approximate surface area is 229 Å². The van der Waals surface area contributed by atoms with Crippen molar-refractivity contribution >= 4 is 51.0 Å². The van der Waals surface area contributed by atoms with Crippen LogP contribution in [0.5, 0.6) is 5.75 Å². The summed E-state index contributed by atoms with van der Waals surface area (Å²) >= 11 is 3.17. The first-order valence-corrected chi connectivity index (χ1v) is 12.9. The number of aromatic carboxylic acids is 1. The molecule has 6 rings (SSSR count). The van der Waals surface area contributed by atoms with E-state index in [1.54, 1.807) is 12.1 Å². The van der Waals surface area contributed by atoms with Gasteiger partial charge in [-0.3, -0.25) is 19.2 Å². The van der Waals surface area contributed by atoms with Gasteiger partial charge in [-0.05, 0) is 59.0 Å². The Kier molecular flexibility index (Phi) is 5.81. The van der Waals surface area contributed by atoms with Gasteiger partial charge in [-0.25, -0.2) is 9.69 Å². The molecular weight excluding hydrogens is 574 g/mol. The van der Waals surface area contributed by atoms with Gasteiger partial charge in [-0.2, -0.15) is 0 Å². The third kappa shape index (κ3) is 3.68. The smallest absolute Gasteiger partial charge is 0.339 e. The lowest BCUT2D eigenvalue weighted by Crippen LogP contribution is -2.39. The molecule has 3 N–H and O–H groups in total. The van der Waals surface area contributed by atoms with E-state index in [-0.39, 0.29) is 63.7 Å². The lowest BCUT2D eigenvalue weighted by Gasteiger charge is -2.41. The van der Waals surface area contributed by atoms with Gasteiger partial charge >= 0.3 is 5.97 Å². The maximum absolute atomic E-state index is 13.8. The molecule has 198 valence electrons. The highest BCUT2D eigenvalue weighted by Gasteiger charge is 2.57. The fraction of sp³-hybridized carbons (Fsp3) is 0.250. The molecule has 2 aromatic rings. The normalized spacial score (nSPS) is 26.3. The number of benzene rings is 1. The number of carbonyl (C=O) groups is 5. The molecule has 0 radical (unpaired) electrons. The van der Waals surface area contributed by atoms with Crippen molar-refractivity contribution in [2.24, 2.45) is 17.8 Å². The molecule has 4 aliphatic rings. The number of allylic oxidation sites excluding steroid dienone is 6. The Balaban J connectivity index is 1.45. The molecule has 39 heavy (non-hydrogen) atoms. The first-order valence-electron chi connectivity index (χ1n) is 12.1. The number of aliphatic hydroxyl groups excluding tert-OH is 1. The molecule has 4 atom stereocenters. The predicted molar refractivity (Wildman–Crippen MR) is 137 cm³/mol. The molecule has 0 spiro atoms. The molecule has 1 saturated heterocycles. The molecule has 3 aliphatic carbocycles. The van der Waals surface area contributed by atoms with Crippen LogP contribution in [-0.2, 0) is 25.8 Å². The molecule has 1 aromatic carbocycles. The van der Waals surface area contributed by atoms with Crippen LogP contribution >= 0.6 is 15.9 Å². The molecule has 1 fully saturated rings. The number of fused-ring (bicyclic) bond motifs is 3. The molecule has 2 amide bonds. The first kappa shape index (κ1) is 25.2. The molecule has 1 aliphatic heterocycles. The summed E-state index contributed by atoms with van der Waals surface area (Å²) in [5, 5.41) is 28.9. The topological polar surface area (TPSA) is 162 Å². The molecule has 0 bridgehead atoms. The van der Waals surface area contributed by atoms with Gasteiger partial charge in [0.1, 0.15) is 29.4 Å². The monoisotopic (exact) mass is 593 g/mol. The summed E-state index contributed by atoms with van der Waals surface area (Å²) in [5.41, 5.74) is 0.864. The van der Waals surface area contributed by atoms with Gasteiger partial charge in [0.05, 0.1) is 27.9 Å². The highest BCUT2D eigenvalue weighted by Crippen LogP contribution is 2.55. The highest BCUT2D eigenvalue weighted by molar-refractivity contribution is 9.12. The van der Waals surface area contributed by atoms with Crippen LogP contribution in [0, 0.1) is 17.8 Å². The van der Waals surface area contributed by atoms with E-state index in [9.17, 15) is 39.3 Å². The Morgan fingerprint density at radius 1 is 1.08 bits per heavy atom. The average Bonchev–Trinajstić information content (AvgIpc) is 3.48. The molecule has 1 aromatic heterocycles. The predicted octanol–water partition coefficient (Wildman–Crippen LogP) is 3.14. The van der Waals surface area contributed by atoms with Crippen molar-refractivity contribution in [1.82, 2.24) is 0 Å². The second-order valence-electron chi connectivity index (χ2n) is 9.87. The average molecular weight is 594 g/mol. The van der Waals surface area contributed by atoms with Gasteiger partial charge in [0.25, 0.3) is 0 Å². The Hall–Kier alpha value is -4.09. The number of phenols is 1. The number of halogens is 1. The Morgan fingerprint density at radius 2 is 1.85 bits per heavy atom. The number of carboxylic acid groups (broad SMARTS) is 1. The number of aromatic hydroxyl groups is 1. The van der Waals surface area contributed by atoms with E-state index in [2.05, 4.69) is 15.9 Å². The number of anilines is 1. The van der Waals surface area contributed by atoms with Gasteiger partial charge in [0, 0.05) is 23.3 Å². The lowest BCUT2D eigenvalue weighted by molar-refractivity contribution is -0.123. The molecule has 0 saturated carbocycles. The number of carboxylic acids is 1. The zero-order valence-corrected chi connectivity index (χ0v) is 21.7. The number of amides is 2. The second-order valence-corrected chi connectivity index (χ2v) is 10.7. The van der Waals surface area contributed by atoms with Gasteiger partial charge in [-0.1, -0.05) is 11.6 Å². The SMILES string of the molecule is O=C1C=C(Br)C(=O)C2=C1[C@@H](c1ccc(CO)o1)C1=CC[C@@H]3C(=O)N(c4ccc(C(=O)O)c(O)c4)C(=O)[C@@H]3[C@@H]1C2. The van der Waals surface area contributed by atoms with Crippen molar-refractivity contribution in [3.05, 3.63) is 80.8 Å². The Bertz CT molecular complexity index is 1610. The van der Waals surface area contributed by atoms with Crippen molar-refractivity contribution in [3.8, 4) is 5.75 Å². The van der Waals surface area contributed by atoms with Crippen LogP contribution in [0.4, 0.5) is 5.69 Å². The third-order valence-electron chi connectivity index (χ3n) is 7.92. The minimum absolute atomic E-state index is 0.0453. The fourth-order valence-electron chi connectivity index (χ4n) is 6.26. The number of imide groups is 1. The van der Waals surface area contributed by atoms with E-state index < -0.39 is 47.2 Å². The summed E-state index contributed by atoms with van der Waals surface area (Å²) in [6.45, 7) is -0.362. The molecule has 11 heteroatoms. The minimum Gasteiger partial charge on any atom is -0.507 e. The number of furan rings is 1. The summed E-state index contributed by atoms with van der Waals surface area (Å²) in [5.74, 6) is -6.06. The first-order chi connectivity index (χ1) is 18.6. The summed E-state index contributed by atoms with van der Waals surface area (Å²) in [7, 11) is 0. The van der Waals surface area contributed by atoms with Gasteiger partial charge in [-0.15, -0.1) is 0 Å². The van der Waals surface area contributed by atoms with Crippen LogP contribution in [0.15, 0.2) is 68.1 Å². The number of nitrogens with zero attached hydrogens (tertiary/aromatic N) is 1. The van der Waals surface area contributed by atoms with Crippen molar-refractivity contribution in [2.75, 3.05) is 4.90 Å². The van der Waals surface area contributed by atoms with Crippen LogP contribution < -0.4 is 4.90 Å². The van der Waals surface area contributed by atoms with Crippen molar-refractivity contribution in [3.63, 3.8) is 0 Å². The second kappa shape index (κ2) is 8.99. The summed E-state index contributed by atoms with van der Waals surface area (Å²) in [6.07, 6.45) is 3.31. The maximum Gasteiger partial charge on any atom is 0.339 e. The van der Waals surface area contributed by atoms with Gasteiger partial charge in [0.2, 0.25) is 11.8 Å². The summed E-state index contributed by atoms with van der Waals surface area (Å²) in [6, 6.07) is 6.69. The molecule has 2 heterocycles. The van der Waals surface area contributed by atoms with Crippen molar-refractivity contribution in [1.29, 1.82) is 0 Å². The molecular formula is C28H20BrNO9. The maximum atomic E-state index is 13.8. The number of ketones is 2. The van der Waals surface area contributed by atoms with E-state index in [0.717, 1.165) is 17.0 Å². The standard InChI is InChI=1S/C28H20BrNO9/c29-18-9-20(33)23-17(25(18)34)8-16-13(24(23)21-6-2-12(10-31)39-21)4-5-15-22(16)27(36)30(26(15)35)11-1-3-14(28(37)38)19(32)7-11/h1-4,6-7,9,15-16,22,24,31-32H,5,8,10H2,(H,37,38)/t15-,16+,22-,24+/m0/s1. The fourth-order valence-corrected chi connectivity index (χ4v) is 6.71. The largest absolute Gasteiger partial charge is 0.507 e. The number of Topliss-reactive ketones (excluding diaryl/α,β-unsaturated/α-hetero) is 1. The van der Waals surface area contributed by atoms with Gasteiger partial charge in [0.15, 0.2) is 11.6 Å². The number of rotatable bonds is 4. The van der Waals surface area contributed by atoms with E-state index in [4.69, 9.17) is 4.42 Å². The van der Waals surface area contributed by atoms with Crippen LogP contribution in [-0.4, -0.2) is 44.7 Å². The van der Waals surface area contributed by atoms with Crippen LogP contribution in [0.25, 0.3) is 0 Å². The zero-order valence-electron chi connectivity index (χ0n) is 20.1. The van der Waals surface area contributed by atoms with Crippen LogP contribution in [0.2, 0.25) is 0 Å². The summed E-state index contributed by atoms with van der Waals surface area (Å²) in [4.78, 5) is 66.0. The lowest BCUT2D eigenvalue weighted by atomic mass is 9.60. The number of hydrogen-bond acceptors (Lipinski definition) is 8. The number of carbonyl (C=O) groups excluding carboxylic acids is 4. The Morgan fingerprint density at radius 3 is 2.51 bits per heavy atom. The number of aliphatic hydroxyl groups is 1. The summed E-state index contributed by atoms with van der Waals surface area (Å²) < 4.78 is 5.92. The molecule has 0 unspecified atom stereocenters. The van der Waals surface area contributed by atoms with E-state index in [1.165, 1.54) is 12.1 Å². The van der Waals surface area contributed by atoms with Crippen molar-refractivity contribution < 1.29 is 43.7 Å². The zero-order chi connectivity index (χ0) is 27.7. The minimum atomic E-state index is -1.35. The highest BCUT2D eigenvalue weighted by atomic mass is 79.9. The van der Waals surface area contributed by atoms with Crippen molar-refractivity contribution in [2.45, 2.75) is 25.4 Å². The van der Waals surface area contributed by atoms with E-state index in [0.29, 0.717) is 11.3 Å². The van der Waals surface area contributed by atoms with E-state index >= 15 is 0 Å². The quantitative estimate of drug-likeness (QED) is 0.274. The third-order valence-corrected chi connectivity index (χ3v) is 8.51. The van der Waals surface area contributed by atoms with Crippen LogP contribution in [0.1, 0.15) is 40.6 Å².